The third kappa shape index (κ3) is 9.86. The fourth-order valence-electron chi connectivity index (χ4n) is 1.52. The molecular formula is C11H23N3O4. The summed E-state index contributed by atoms with van der Waals surface area (Å²) in [4.78, 5) is 20.6. The SMILES string of the molecule is C1CCNC1.NCCCC[C@H](NC(=O)O)C(=O)O. The van der Waals surface area contributed by atoms with Gasteiger partial charge in [-0.15, -0.1) is 0 Å². The van der Waals surface area contributed by atoms with Gasteiger partial charge < -0.3 is 26.6 Å². The highest BCUT2D eigenvalue weighted by atomic mass is 16.4. The zero-order valence-corrected chi connectivity index (χ0v) is 10.5. The largest absolute Gasteiger partial charge is 0.480 e. The summed E-state index contributed by atoms with van der Waals surface area (Å²) in [6.07, 6.45) is 3.04. The van der Waals surface area contributed by atoms with Crippen LogP contribution < -0.4 is 16.4 Å². The van der Waals surface area contributed by atoms with Gasteiger partial charge in [0.2, 0.25) is 0 Å². The molecule has 1 aliphatic rings. The van der Waals surface area contributed by atoms with Crippen molar-refractivity contribution in [2.24, 2.45) is 5.73 Å². The van der Waals surface area contributed by atoms with Crippen LogP contribution in [0.25, 0.3) is 0 Å². The molecule has 1 heterocycles. The molecule has 18 heavy (non-hydrogen) atoms. The zero-order valence-electron chi connectivity index (χ0n) is 10.5. The van der Waals surface area contributed by atoms with Crippen molar-refractivity contribution in [1.82, 2.24) is 10.6 Å². The monoisotopic (exact) mass is 261 g/mol. The van der Waals surface area contributed by atoms with E-state index < -0.39 is 18.1 Å². The molecule has 7 heteroatoms. The molecule has 0 aromatic carbocycles. The van der Waals surface area contributed by atoms with Gasteiger partial charge in [-0.1, -0.05) is 0 Å². The van der Waals surface area contributed by atoms with Crippen LogP contribution in [0.1, 0.15) is 32.1 Å². The number of carboxylic acid groups (broad SMARTS) is 2. The number of carboxylic acids is 1. The summed E-state index contributed by atoms with van der Waals surface area (Å²) in [5.74, 6) is -1.15. The Morgan fingerprint density at radius 3 is 2.17 bits per heavy atom. The lowest BCUT2D eigenvalue weighted by atomic mass is 10.1. The lowest BCUT2D eigenvalue weighted by Crippen LogP contribution is -2.39. The molecule has 106 valence electrons. The smallest absolute Gasteiger partial charge is 0.405 e. The molecule has 0 radical (unpaired) electrons. The van der Waals surface area contributed by atoms with Gasteiger partial charge >= 0.3 is 12.1 Å². The summed E-state index contributed by atoms with van der Waals surface area (Å²) >= 11 is 0. The second-order valence-electron chi connectivity index (χ2n) is 4.08. The Morgan fingerprint density at radius 1 is 1.22 bits per heavy atom. The molecule has 7 nitrogen and oxygen atoms in total. The van der Waals surface area contributed by atoms with E-state index >= 15 is 0 Å². The van der Waals surface area contributed by atoms with E-state index in [9.17, 15) is 9.59 Å². The standard InChI is InChI=1S/C7H14N2O4.C4H9N/c8-4-2-1-3-5(6(10)11)9-7(12)13;1-2-4-5-3-1/h5,9H,1-4,8H2,(H,10,11)(H,12,13);5H,1-4H2/t5-;/m0./s1. The molecule has 0 bridgehead atoms. The molecule has 1 rings (SSSR count). The first-order chi connectivity index (χ1) is 8.57. The number of aliphatic carboxylic acids is 1. The molecule has 1 amide bonds. The van der Waals surface area contributed by atoms with Crippen molar-refractivity contribution in [2.75, 3.05) is 19.6 Å². The molecule has 1 saturated heterocycles. The summed E-state index contributed by atoms with van der Waals surface area (Å²) in [6, 6.07) is -1.02. The molecule has 0 aromatic heterocycles. The van der Waals surface area contributed by atoms with Crippen LogP contribution in [0, 0.1) is 0 Å². The number of unbranched alkanes of at least 4 members (excludes halogenated alkanes) is 1. The van der Waals surface area contributed by atoms with E-state index in [2.05, 4.69) is 5.32 Å². The summed E-state index contributed by atoms with van der Waals surface area (Å²) in [7, 11) is 0. The van der Waals surface area contributed by atoms with E-state index in [0.29, 0.717) is 19.4 Å². The quantitative estimate of drug-likeness (QED) is 0.435. The van der Waals surface area contributed by atoms with Crippen LogP contribution >= 0.6 is 0 Å². The van der Waals surface area contributed by atoms with Gasteiger partial charge in [-0.2, -0.15) is 0 Å². The zero-order chi connectivity index (χ0) is 13.8. The normalized spacial score (nSPS) is 15.4. The Hall–Kier alpha value is -1.34. The minimum Gasteiger partial charge on any atom is -0.480 e. The minimum absolute atomic E-state index is 0.277. The van der Waals surface area contributed by atoms with Gasteiger partial charge in [-0.25, -0.2) is 9.59 Å². The van der Waals surface area contributed by atoms with Crippen LogP contribution in [0.15, 0.2) is 0 Å². The minimum atomic E-state index is -1.32. The second kappa shape index (κ2) is 10.8. The fraction of sp³-hybridized carbons (Fsp3) is 0.818. The van der Waals surface area contributed by atoms with E-state index in [1.807, 2.05) is 5.32 Å². The number of carbonyl (C=O) groups is 2. The highest BCUT2D eigenvalue weighted by Crippen LogP contribution is 2.00. The van der Waals surface area contributed by atoms with Crippen molar-refractivity contribution in [3.05, 3.63) is 0 Å². The van der Waals surface area contributed by atoms with Gasteiger partial charge in [0.15, 0.2) is 0 Å². The van der Waals surface area contributed by atoms with Gasteiger partial charge in [-0.05, 0) is 51.7 Å². The van der Waals surface area contributed by atoms with Crippen LogP contribution in [0.4, 0.5) is 4.79 Å². The maximum atomic E-state index is 10.5. The molecule has 0 aromatic rings. The Bertz CT molecular complexity index is 237. The third-order valence-corrected chi connectivity index (χ3v) is 2.50. The highest BCUT2D eigenvalue weighted by Gasteiger charge is 2.18. The molecular weight excluding hydrogens is 238 g/mol. The molecule has 0 aliphatic carbocycles. The van der Waals surface area contributed by atoms with Crippen molar-refractivity contribution in [1.29, 1.82) is 0 Å². The van der Waals surface area contributed by atoms with Gasteiger partial charge in [0.05, 0.1) is 0 Å². The van der Waals surface area contributed by atoms with Crippen LogP contribution in [-0.4, -0.2) is 48.0 Å². The Labute approximate surface area is 107 Å². The van der Waals surface area contributed by atoms with Gasteiger partial charge in [0.1, 0.15) is 6.04 Å². The van der Waals surface area contributed by atoms with E-state index in [1.165, 1.54) is 25.9 Å². The third-order valence-electron chi connectivity index (χ3n) is 2.50. The first kappa shape index (κ1) is 16.7. The topological polar surface area (TPSA) is 125 Å². The Kier molecular flexibility index (Phi) is 9.99. The highest BCUT2D eigenvalue weighted by molar-refractivity contribution is 5.78. The lowest BCUT2D eigenvalue weighted by molar-refractivity contribution is -0.139. The summed E-state index contributed by atoms with van der Waals surface area (Å²) < 4.78 is 0. The molecule has 6 N–H and O–H groups in total. The molecule has 0 unspecified atom stereocenters. The number of nitrogens with two attached hydrogens (primary N) is 1. The van der Waals surface area contributed by atoms with Crippen LogP contribution in [0.3, 0.4) is 0 Å². The molecule has 1 aliphatic heterocycles. The summed E-state index contributed by atoms with van der Waals surface area (Å²) in [5, 5.41) is 22.0. The maximum absolute atomic E-state index is 10.5. The predicted octanol–water partition coefficient (Wildman–Crippen LogP) is 0.206. The summed E-state index contributed by atoms with van der Waals surface area (Å²) in [6.45, 7) is 2.99. The van der Waals surface area contributed by atoms with Crippen molar-refractivity contribution in [3.8, 4) is 0 Å². The van der Waals surface area contributed by atoms with Crippen LogP contribution in [0.5, 0.6) is 0 Å². The number of amides is 1. The first-order valence-electron chi connectivity index (χ1n) is 6.21. The van der Waals surface area contributed by atoms with Gasteiger partial charge in [0.25, 0.3) is 0 Å². The Balaban J connectivity index is 0.000000473. The fourth-order valence-corrected chi connectivity index (χ4v) is 1.52. The second-order valence-corrected chi connectivity index (χ2v) is 4.08. The van der Waals surface area contributed by atoms with Crippen molar-refractivity contribution >= 4 is 12.1 Å². The lowest BCUT2D eigenvalue weighted by Gasteiger charge is -2.10. The van der Waals surface area contributed by atoms with Gasteiger partial charge in [0, 0.05) is 0 Å². The van der Waals surface area contributed by atoms with E-state index in [0.717, 1.165) is 0 Å². The molecule has 1 atom stereocenters. The van der Waals surface area contributed by atoms with E-state index in [4.69, 9.17) is 15.9 Å². The van der Waals surface area contributed by atoms with Crippen LogP contribution in [-0.2, 0) is 4.79 Å². The van der Waals surface area contributed by atoms with Crippen molar-refractivity contribution in [2.45, 2.75) is 38.1 Å². The number of hydrogen-bond acceptors (Lipinski definition) is 4. The first-order valence-corrected chi connectivity index (χ1v) is 6.21. The molecule has 0 saturated carbocycles. The summed E-state index contributed by atoms with van der Waals surface area (Å²) in [5.41, 5.74) is 5.21. The van der Waals surface area contributed by atoms with Crippen molar-refractivity contribution < 1.29 is 19.8 Å². The molecule has 0 spiro atoms. The predicted molar refractivity (Wildman–Crippen MR) is 67.6 cm³/mol. The van der Waals surface area contributed by atoms with Crippen molar-refractivity contribution in [3.63, 3.8) is 0 Å². The number of nitrogens with one attached hydrogen (secondary N) is 2. The number of rotatable bonds is 6. The van der Waals surface area contributed by atoms with Crippen LogP contribution in [0.2, 0.25) is 0 Å². The van der Waals surface area contributed by atoms with E-state index in [-0.39, 0.29) is 6.42 Å². The average Bonchev–Trinajstić information content (AvgIpc) is 2.86. The average molecular weight is 261 g/mol. The Morgan fingerprint density at radius 2 is 1.83 bits per heavy atom. The number of hydrogen-bond donors (Lipinski definition) is 5. The van der Waals surface area contributed by atoms with Gasteiger partial charge in [-0.3, -0.25) is 0 Å². The molecule has 1 fully saturated rings. The van der Waals surface area contributed by atoms with E-state index in [1.54, 1.807) is 0 Å². The maximum Gasteiger partial charge on any atom is 0.405 e.